The van der Waals surface area contributed by atoms with Gasteiger partial charge in [0.15, 0.2) is 0 Å². The third kappa shape index (κ3) is 4.74. The summed E-state index contributed by atoms with van der Waals surface area (Å²) in [4.78, 5) is 20.6. The van der Waals surface area contributed by atoms with Crippen molar-refractivity contribution in [1.29, 1.82) is 0 Å². The molecule has 2 heterocycles. The van der Waals surface area contributed by atoms with Gasteiger partial charge < -0.3 is 9.72 Å². The summed E-state index contributed by atoms with van der Waals surface area (Å²) >= 11 is 0. The monoisotopic (exact) mass is 313 g/mol. The molecule has 23 heavy (non-hydrogen) atoms. The summed E-state index contributed by atoms with van der Waals surface area (Å²) in [7, 11) is 0. The molecule has 5 heteroatoms. The van der Waals surface area contributed by atoms with E-state index in [0.717, 1.165) is 45.0 Å². The Bertz CT molecular complexity index is 681. The maximum atomic E-state index is 11.4. The molecule has 0 spiro atoms. The van der Waals surface area contributed by atoms with E-state index in [1.807, 2.05) is 0 Å². The van der Waals surface area contributed by atoms with Crippen molar-refractivity contribution in [1.82, 2.24) is 14.9 Å². The molecule has 0 saturated carbocycles. The van der Waals surface area contributed by atoms with Crippen molar-refractivity contribution < 1.29 is 4.74 Å². The number of aromatic nitrogens is 2. The van der Waals surface area contributed by atoms with E-state index >= 15 is 0 Å². The Labute approximate surface area is 136 Å². The topological polar surface area (TPSA) is 58.2 Å². The number of hydrogen-bond acceptors (Lipinski definition) is 4. The maximum absolute atomic E-state index is 11.4. The lowest BCUT2D eigenvalue weighted by Gasteiger charge is -2.23. The Kier molecular flexibility index (Phi) is 5.20. The fourth-order valence-electron chi connectivity index (χ4n) is 2.99. The predicted octanol–water partition coefficient (Wildman–Crippen LogP) is 1.77. The van der Waals surface area contributed by atoms with Crippen molar-refractivity contribution in [2.45, 2.75) is 19.9 Å². The van der Waals surface area contributed by atoms with Gasteiger partial charge in [0.2, 0.25) is 0 Å². The third-order valence-corrected chi connectivity index (χ3v) is 4.18. The van der Waals surface area contributed by atoms with Crippen molar-refractivity contribution in [2.24, 2.45) is 5.92 Å². The summed E-state index contributed by atoms with van der Waals surface area (Å²) in [6.07, 6.45) is 2.24. The molecular weight excluding hydrogens is 290 g/mol. The summed E-state index contributed by atoms with van der Waals surface area (Å²) < 4.78 is 5.74. The number of nitrogens with one attached hydrogen (secondary N) is 1. The van der Waals surface area contributed by atoms with Gasteiger partial charge in [-0.05, 0) is 18.9 Å². The van der Waals surface area contributed by atoms with Gasteiger partial charge in [-0.1, -0.05) is 29.8 Å². The van der Waals surface area contributed by atoms with E-state index in [2.05, 4.69) is 46.1 Å². The van der Waals surface area contributed by atoms with Crippen LogP contribution in [0, 0.1) is 12.8 Å². The van der Waals surface area contributed by atoms with Crippen LogP contribution in [0.3, 0.4) is 0 Å². The first-order valence-electron chi connectivity index (χ1n) is 8.08. The van der Waals surface area contributed by atoms with Crippen molar-refractivity contribution >= 4 is 0 Å². The molecule has 1 fully saturated rings. The SMILES string of the molecule is Cc1ccc(CN2CCOCC(Cc3cc(=O)[nH]cn3)C2)cc1. The van der Waals surface area contributed by atoms with Gasteiger partial charge in [-0.15, -0.1) is 0 Å². The van der Waals surface area contributed by atoms with Crippen molar-refractivity contribution in [2.75, 3.05) is 26.3 Å². The molecule has 1 unspecified atom stereocenters. The second kappa shape index (κ2) is 7.53. The van der Waals surface area contributed by atoms with E-state index in [0.29, 0.717) is 5.92 Å². The minimum Gasteiger partial charge on any atom is -0.380 e. The highest BCUT2D eigenvalue weighted by Gasteiger charge is 2.19. The second-order valence-corrected chi connectivity index (χ2v) is 6.27. The Morgan fingerprint density at radius 3 is 2.96 bits per heavy atom. The molecule has 5 nitrogen and oxygen atoms in total. The first-order valence-corrected chi connectivity index (χ1v) is 8.08. The lowest BCUT2D eigenvalue weighted by Crippen LogP contribution is -2.30. The molecule has 1 aromatic heterocycles. The average molecular weight is 313 g/mol. The van der Waals surface area contributed by atoms with Gasteiger partial charge in [-0.25, -0.2) is 4.98 Å². The summed E-state index contributed by atoms with van der Waals surface area (Å²) in [5.41, 5.74) is 3.34. The van der Waals surface area contributed by atoms with E-state index in [-0.39, 0.29) is 5.56 Å². The van der Waals surface area contributed by atoms with Gasteiger partial charge in [0.1, 0.15) is 0 Å². The fourth-order valence-corrected chi connectivity index (χ4v) is 2.99. The standard InChI is InChI=1S/C18H23N3O2/c1-14-2-4-15(5-3-14)10-21-6-7-23-12-16(11-21)8-17-9-18(22)20-13-19-17/h2-5,9,13,16H,6-8,10-12H2,1H3,(H,19,20,22). The maximum Gasteiger partial charge on any atom is 0.250 e. The molecule has 0 bridgehead atoms. The molecule has 2 aromatic rings. The Hall–Kier alpha value is -1.98. The van der Waals surface area contributed by atoms with Crippen LogP contribution in [-0.4, -0.2) is 41.2 Å². The first-order chi connectivity index (χ1) is 11.2. The molecule has 1 aliphatic rings. The van der Waals surface area contributed by atoms with E-state index < -0.39 is 0 Å². The summed E-state index contributed by atoms with van der Waals surface area (Å²) in [6.45, 7) is 6.41. The van der Waals surface area contributed by atoms with Crippen LogP contribution in [0.2, 0.25) is 0 Å². The largest absolute Gasteiger partial charge is 0.380 e. The minimum atomic E-state index is -0.0962. The Morgan fingerprint density at radius 1 is 1.35 bits per heavy atom. The van der Waals surface area contributed by atoms with Crippen molar-refractivity contribution in [3.8, 4) is 0 Å². The van der Waals surface area contributed by atoms with Crippen LogP contribution < -0.4 is 5.56 Å². The van der Waals surface area contributed by atoms with Crippen LogP contribution in [0.5, 0.6) is 0 Å². The van der Waals surface area contributed by atoms with Crippen LogP contribution in [-0.2, 0) is 17.7 Å². The molecule has 0 radical (unpaired) electrons. The Balaban J connectivity index is 1.63. The number of aryl methyl sites for hydroxylation is 1. The van der Waals surface area contributed by atoms with Crippen LogP contribution in [0.25, 0.3) is 0 Å². The third-order valence-electron chi connectivity index (χ3n) is 4.18. The number of rotatable bonds is 4. The lowest BCUT2D eigenvalue weighted by molar-refractivity contribution is 0.121. The quantitative estimate of drug-likeness (QED) is 0.934. The van der Waals surface area contributed by atoms with Crippen molar-refractivity contribution in [3.05, 3.63) is 63.8 Å². The molecule has 1 saturated heterocycles. The molecule has 1 aromatic carbocycles. The van der Waals surface area contributed by atoms with Crippen LogP contribution in [0.15, 0.2) is 41.5 Å². The summed E-state index contributed by atoms with van der Waals surface area (Å²) in [6, 6.07) is 10.3. The molecule has 122 valence electrons. The highest BCUT2D eigenvalue weighted by atomic mass is 16.5. The van der Waals surface area contributed by atoms with Gasteiger partial charge in [-0.3, -0.25) is 9.69 Å². The van der Waals surface area contributed by atoms with E-state index in [4.69, 9.17) is 4.74 Å². The fraction of sp³-hybridized carbons (Fsp3) is 0.444. The highest BCUT2D eigenvalue weighted by molar-refractivity contribution is 5.21. The number of hydrogen-bond donors (Lipinski definition) is 1. The van der Waals surface area contributed by atoms with Crippen LogP contribution in [0.1, 0.15) is 16.8 Å². The summed E-state index contributed by atoms with van der Waals surface area (Å²) in [5.74, 6) is 0.359. The molecular formula is C18H23N3O2. The van der Waals surface area contributed by atoms with Crippen LogP contribution in [0.4, 0.5) is 0 Å². The van der Waals surface area contributed by atoms with Crippen molar-refractivity contribution in [3.63, 3.8) is 0 Å². The normalized spacial score (nSPS) is 19.4. The van der Waals surface area contributed by atoms with Gasteiger partial charge in [0, 0.05) is 37.3 Å². The first kappa shape index (κ1) is 15.9. The van der Waals surface area contributed by atoms with E-state index in [9.17, 15) is 4.79 Å². The Morgan fingerprint density at radius 2 is 2.17 bits per heavy atom. The van der Waals surface area contributed by atoms with Gasteiger partial charge >= 0.3 is 0 Å². The molecule has 1 aliphatic heterocycles. The van der Waals surface area contributed by atoms with Gasteiger partial charge in [-0.2, -0.15) is 0 Å². The number of aromatic amines is 1. The molecule has 3 rings (SSSR count). The van der Waals surface area contributed by atoms with E-state index in [1.165, 1.54) is 17.5 Å². The molecule has 1 N–H and O–H groups in total. The highest BCUT2D eigenvalue weighted by Crippen LogP contribution is 2.15. The number of H-pyrrole nitrogens is 1. The molecule has 0 aliphatic carbocycles. The minimum absolute atomic E-state index is 0.0962. The molecule has 0 amide bonds. The average Bonchev–Trinajstić information content (AvgIpc) is 2.75. The number of nitrogens with zero attached hydrogens (tertiary/aromatic N) is 2. The van der Waals surface area contributed by atoms with Crippen LogP contribution >= 0.6 is 0 Å². The van der Waals surface area contributed by atoms with Gasteiger partial charge in [0.05, 0.1) is 19.5 Å². The smallest absolute Gasteiger partial charge is 0.250 e. The zero-order valence-electron chi connectivity index (χ0n) is 13.5. The number of ether oxygens (including phenoxy) is 1. The van der Waals surface area contributed by atoms with Gasteiger partial charge in [0.25, 0.3) is 5.56 Å². The number of benzene rings is 1. The summed E-state index contributed by atoms with van der Waals surface area (Å²) in [5, 5.41) is 0. The zero-order chi connectivity index (χ0) is 16.1. The molecule has 1 atom stereocenters. The lowest BCUT2D eigenvalue weighted by atomic mass is 10.0. The second-order valence-electron chi connectivity index (χ2n) is 6.27. The predicted molar refractivity (Wildman–Crippen MR) is 89.3 cm³/mol. The van der Waals surface area contributed by atoms with E-state index in [1.54, 1.807) is 6.07 Å². The zero-order valence-corrected chi connectivity index (χ0v) is 13.5.